The molecule has 1 aromatic carbocycles. The molecule has 1 saturated heterocycles. The number of ether oxygens (including phenoxy) is 3. The summed E-state index contributed by atoms with van der Waals surface area (Å²) in [5.41, 5.74) is 1.35. The first-order valence-electron chi connectivity index (χ1n) is 8.61. The van der Waals surface area contributed by atoms with Crippen LogP contribution in [0.5, 0.6) is 11.5 Å². The van der Waals surface area contributed by atoms with Crippen LogP contribution in [-0.4, -0.2) is 33.0 Å². The number of nitrogens with one attached hydrogen (secondary N) is 1. The van der Waals surface area contributed by atoms with Crippen LogP contribution in [0, 0.1) is 11.8 Å². The van der Waals surface area contributed by atoms with Crippen LogP contribution in [0.25, 0.3) is 0 Å². The molecule has 0 radical (unpaired) electrons. The van der Waals surface area contributed by atoms with E-state index in [4.69, 9.17) is 14.2 Å². The quantitative estimate of drug-likeness (QED) is 0.908. The summed E-state index contributed by atoms with van der Waals surface area (Å²) in [6.45, 7) is 4.24. The van der Waals surface area contributed by atoms with Crippen molar-refractivity contribution >= 4 is 0 Å². The van der Waals surface area contributed by atoms with Gasteiger partial charge in [0.1, 0.15) is 13.2 Å². The normalized spacial score (nSPS) is 23.3. The largest absolute Gasteiger partial charge is 0.486 e. The van der Waals surface area contributed by atoms with Gasteiger partial charge in [0.2, 0.25) is 0 Å². The number of rotatable bonds is 5. The van der Waals surface area contributed by atoms with Crippen LogP contribution >= 0.6 is 0 Å². The highest BCUT2D eigenvalue weighted by molar-refractivity contribution is 5.45. The third kappa shape index (κ3) is 3.23. The Bertz CT molecular complexity index is 509. The third-order valence-electron chi connectivity index (χ3n) is 4.99. The highest BCUT2D eigenvalue weighted by atomic mass is 16.6. The molecule has 4 rings (SSSR count). The zero-order valence-corrected chi connectivity index (χ0v) is 13.1. The number of benzene rings is 1. The van der Waals surface area contributed by atoms with E-state index in [0.29, 0.717) is 19.3 Å². The number of hydrogen-bond acceptors (Lipinski definition) is 4. The molecule has 0 spiro atoms. The average Bonchev–Trinajstić information content (AvgIpc) is 3.41. The van der Waals surface area contributed by atoms with E-state index in [1.807, 2.05) is 0 Å². The van der Waals surface area contributed by atoms with Crippen LogP contribution in [0.2, 0.25) is 0 Å². The molecular weight excluding hydrogens is 278 g/mol. The van der Waals surface area contributed by atoms with E-state index in [1.54, 1.807) is 0 Å². The van der Waals surface area contributed by atoms with E-state index < -0.39 is 0 Å². The Morgan fingerprint density at radius 1 is 0.955 bits per heavy atom. The summed E-state index contributed by atoms with van der Waals surface area (Å²) in [7, 11) is 0. The SMILES string of the molecule is c1cc2c(cc1C(NCC1CCOCC1)C1CC1)OCCO2. The van der Waals surface area contributed by atoms with Gasteiger partial charge in [0.25, 0.3) is 0 Å². The Labute approximate surface area is 132 Å². The Kier molecular flexibility index (Phi) is 4.22. The fourth-order valence-electron chi connectivity index (χ4n) is 3.48. The fraction of sp³-hybridized carbons (Fsp3) is 0.667. The summed E-state index contributed by atoms with van der Waals surface area (Å²) in [6.07, 6.45) is 5.04. The molecule has 2 aliphatic heterocycles. The summed E-state index contributed by atoms with van der Waals surface area (Å²) in [6, 6.07) is 6.90. The summed E-state index contributed by atoms with van der Waals surface area (Å²) in [5, 5.41) is 3.82. The second-order valence-electron chi connectivity index (χ2n) is 6.68. The van der Waals surface area contributed by atoms with E-state index in [9.17, 15) is 0 Å². The van der Waals surface area contributed by atoms with Crippen molar-refractivity contribution in [1.82, 2.24) is 5.32 Å². The van der Waals surface area contributed by atoms with E-state index in [2.05, 4.69) is 23.5 Å². The van der Waals surface area contributed by atoms with Gasteiger partial charge in [-0.1, -0.05) is 6.07 Å². The molecule has 1 saturated carbocycles. The molecule has 1 aliphatic carbocycles. The van der Waals surface area contributed by atoms with Crippen molar-refractivity contribution < 1.29 is 14.2 Å². The molecule has 1 N–H and O–H groups in total. The van der Waals surface area contributed by atoms with Crippen molar-refractivity contribution in [2.75, 3.05) is 33.0 Å². The molecule has 0 bridgehead atoms. The zero-order chi connectivity index (χ0) is 14.8. The fourth-order valence-corrected chi connectivity index (χ4v) is 3.48. The van der Waals surface area contributed by atoms with E-state index >= 15 is 0 Å². The van der Waals surface area contributed by atoms with Crippen LogP contribution in [-0.2, 0) is 4.74 Å². The topological polar surface area (TPSA) is 39.7 Å². The van der Waals surface area contributed by atoms with Gasteiger partial charge in [0, 0.05) is 19.3 Å². The van der Waals surface area contributed by atoms with Crippen LogP contribution in [0.4, 0.5) is 0 Å². The lowest BCUT2D eigenvalue weighted by Gasteiger charge is -2.27. The standard InChI is InChI=1S/C18H25NO3/c1-2-14(1)18(19-12-13-5-7-20-8-6-13)15-3-4-16-17(11-15)22-10-9-21-16/h3-4,11,13-14,18-19H,1-2,5-10,12H2. The Morgan fingerprint density at radius 3 is 2.50 bits per heavy atom. The summed E-state index contributed by atoms with van der Waals surface area (Å²) >= 11 is 0. The number of hydrogen-bond donors (Lipinski definition) is 1. The van der Waals surface area contributed by atoms with Crippen LogP contribution < -0.4 is 14.8 Å². The zero-order valence-electron chi connectivity index (χ0n) is 13.1. The van der Waals surface area contributed by atoms with Gasteiger partial charge in [0.15, 0.2) is 11.5 Å². The summed E-state index contributed by atoms with van der Waals surface area (Å²) in [5.74, 6) is 3.32. The van der Waals surface area contributed by atoms with Crippen molar-refractivity contribution in [2.24, 2.45) is 11.8 Å². The van der Waals surface area contributed by atoms with E-state index in [0.717, 1.165) is 43.1 Å². The number of fused-ring (bicyclic) bond motifs is 1. The molecule has 0 amide bonds. The minimum absolute atomic E-state index is 0.457. The molecule has 1 aromatic rings. The lowest BCUT2D eigenvalue weighted by Crippen LogP contribution is -2.31. The second-order valence-corrected chi connectivity index (χ2v) is 6.68. The molecule has 120 valence electrons. The lowest BCUT2D eigenvalue weighted by molar-refractivity contribution is 0.0652. The molecule has 4 heteroatoms. The van der Waals surface area contributed by atoms with Gasteiger partial charge in [0.05, 0.1) is 0 Å². The molecule has 2 fully saturated rings. The highest BCUT2D eigenvalue weighted by Gasteiger charge is 2.33. The molecule has 1 atom stereocenters. The van der Waals surface area contributed by atoms with Gasteiger partial charge >= 0.3 is 0 Å². The van der Waals surface area contributed by atoms with Crippen molar-refractivity contribution in [3.8, 4) is 11.5 Å². The van der Waals surface area contributed by atoms with Gasteiger partial charge in [-0.2, -0.15) is 0 Å². The maximum absolute atomic E-state index is 5.74. The highest BCUT2D eigenvalue weighted by Crippen LogP contribution is 2.43. The first-order chi connectivity index (χ1) is 10.9. The molecule has 2 heterocycles. The first kappa shape index (κ1) is 14.3. The Hall–Kier alpha value is -1.26. The van der Waals surface area contributed by atoms with Crippen molar-refractivity contribution in [2.45, 2.75) is 31.7 Å². The van der Waals surface area contributed by atoms with Crippen molar-refractivity contribution in [1.29, 1.82) is 0 Å². The van der Waals surface area contributed by atoms with Crippen LogP contribution in [0.3, 0.4) is 0 Å². The van der Waals surface area contributed by atoms with Gasteiger partial charge in [-0.15, -0.1) is 0 Å². The second kappa shape index (κ2) is 6.47. The van der Waals surface area contributed by atoms with E-state index in [-0.39, 0.29) is 0 Å². The molecule has 1 unspecified atom stereocenters. The predicted octanol–water partition coefficient (Wildman–Crippen LogP) is 2.93. The Morgan fingerprint density at radius 2 is 1.73 bits per heavy atom. The Balaban J connectivity index is 1.44. The smallest absolute Gasteiger partial charge is 0.161 e. The van der Waals surface area contributed by atoms with E-state index in [1.165, 1.54) is 31.2 Å². The van der Waals surface area contributed by atoms with Crippen molar-refractivity contribution in [3.63, 3.8) is 0 Å². The maximum Gasteiger partial charge on any atom is 0.161 e. The molecule has 4 nitrogen and oxygen atoms in total. The van der Waals surface area contributed by atoms with Gasteiger partial charge in [-0.25, -0.2) is 0 Å². The van der Waals surface area contributed by atoms with Crippen LogP contribution in [0.1, 0.15) is 37.3 Å². The maximum atomic E-state index is 5.74. The molecule has 22 heavy (non-hydrogen) atoms. The van der Waals surface area contributed by atoms with Gasteiger partial charge in [-0.3, -0.25) is 0 Å². The first-order valence-corrected chi connectivity index (χ1v) is 8.61. The summed E-state index contributed by atoms with van der Waals surface area (Å²) in [4.78, 5) is 0. The van der Waals surface area contributed by atoms with Crippen LogP contribution in [0.15, 0.2) is 18.2 Å². The molecule has 3 aliphatic rings. The predicted molar refractivity (Wildman–Crippen MR) is 84.4 cm³/mol. The minimum Gasteiger partial charge on any atom is -0.486 e. The summed E-state index contributed by atoms with van der Waals surface area (Å²) < 4.78 is 16.8. The lowest BCUT2D eigenvalue weighted by atomic mass is 9.97. The minimum atomic E-state index is 0.457. The monoisotopic (exact) mass is 303 g/mol. The molecular formula is C18H25NO3. The third-order valence-corrected chi connectivity index (χ3v) is 4.99. The van der Waals surface area contributed by atoms with Crippen molar-refractivity contribution in [3.05, 3.63) is 23.8 Å². The average molecular weight is 303 g/mol. The van der Waals surface area contributed by atoms with Gasteiger partial charge in [-0.05, 0) is 61.8 Å². The van der Waals surface area contributed by atoms with Gasteiger partial charge < -0.3 is 19.5 Å². The molecule has 0 aromatic heterocycles.